The van der Waals surface area contributed by atoms with Crippen LogP contribution in [0.4, 0.5) is 0 Å². The summed E-state index contributed by atoms with van der Waals surface area (Å²) in [5.41, 5.74) is 5.48. The van der Waals surface area contributed by atoms with Gasteiger partial charge in [-0.3, -0.25) is 5.43 Å². The number of ether oxygens (including phenoxy) is 2. The van der Waals surface area contributed by atoms with Crippen molar-refractivity contribution in [2.75, 3.05) is 14.2 Å². The van der Waals surface area contributed by atoms with Gasteiger partial charge in [0.2, 0.25) is 0 Å². The van der Waals surface area contributed by atoms with Crippen molar-refractivity contribution >= 4 is 30.0 Å². The third-order valence-corrected chi connectivity index (χ3v) is 4.97. The molecule has 0 fully saturated rings. The Kier molecular flexibility index (Phi) is 29.2. The number of hydrogen-bond acceptors (Lipinski definition) is 14. The van der Waals surface area contributed by atoms with Gasteiger partial charge in [-0.05, 0) is 57.9 Å². The minimum atomic E-state index is -0.634. The summed E-state index contributed by atoms with van der Waals surface area (Å²) in [4.78, 5) is 54.9. The number of allylic oxidation sites excluding steroid dienone is 5. The summed E-state index contributed by atoms with van der Waals surface area (Å²) < 4.78 is 9.14. The molecule has 1 aliphatic rings. The second kappa shape index (κ2) is 29.3. The van der Waals surface area contributed by atoms with E-state index in [0.29, 0.717) is 11.5 Å². The zero-order valence-electron chi connectivity index (χ0n) is 25.6. The summed E-state index contributed by atoms with van der Waals surface area (Å²) in [6, 6.07) is 0. The van der Waals surface area contributed by atoms with E-state index in [2.05, 4.69) is 87.7 Å². The van der Waals surface area contributed by atoms with Gasteiger partial charge in [0.1, 0.15) is 5.70 Å². The SMILES string of the molecule is CC/C=C\CC.CC/C=C\CCC1C(C)=NNC(C(=O)OC)=C1CC.COC(=O)c1nnc(C)nn1.O=C=O.O=C=O. The summed E-state index contributed by atoms with van der Waals surface area (Å²) in [5, 5.41) is 18.2. The Morgan fingerprint density at radius 1 is 0.786 bits per heavy atom. The molecule has 0 spiro atoms. The predicted octanol–water partition coefficient (Wildman–Crippen LogP) is 3.72. The average Bonchev–Trinajstić information content (AvgIpc) is 2.99. The number of esters is 2. The third kappa shape index (κ3) is 20.3. The van der Waals surface area contributed by atoms with Crippen LogP contribution in [0, 0.1) is 12.8 Å². The smallest absolute Gasteiger partial charge is 0.379 e. The van der Waals surface area contributed by atoms with Gasteiger partial charge < -0.3 is 9.47 Å². The third-order valence-electron chi connectivity index (χ3n) is 4.97. The molecule has 0 bridgehead atoms. The maximum Gasteiger partial charge on any atom is 0.379 e. The minimum absolute atomic E-state index is 0.127. The van der Waals surface area contributed by atoms with E-state index in [1.165, 1.54) is 27.1 Å². The van der Waals surface area contributed by atoms with E-state index in [0.717, 1.165) is 37.0 Å². The molecule has 1 atom stereocenters. The first-order valence-electron chi connectivity index (χ1n) is 13.2. The van der Waals surface area contributed by atoms with Crippen LogP contribution in [0.25, 0.3) is 0 Å². The molecule has 0 aromatic carbocycles. The molecule has 14 nitrogen and oxygen atoms in total. The summed E-state index contributed by atoms with van der Waals surface area (Å²) in [7, 11) is 2.64. The van der Waals surface area contributed by atoms with Gasteiger partial charge in [-0.2, -0.15) is 24.3 Å². The molecule has 0 saturated carbocycles. The average molecular weight is 591 g/mol. The Morgan fingerprint density at radius 2 is 1.24 bits per heavy atom. The molecule has 0 radical (unpaired) electrons. The lowest BCUT2D eigenvalue weighted by molar-refractivity contribution is -0.193. The lowest BCUT2D eigenvalue weighted by Gasteiger charge is -2.26. The zero-order valence-corrected chi connectivity index (χ0v) is 25.6. The van der Waals surface area contributed by atoms with Gasteiger partial charge in [-0.1, -0.05) is 52.0 Å². The Labute approximate surface area is 246 Å². The first-order chi connectivity index (χ1) is 20.1. The fourth-order valence-corrected chi connectivity index (χ4v) is 3.14. The highest BCUT2D eigenvalue weighted by molar-refractivity contribution is 5.95. The van der Waals surface area contributed by atoms with Crippen LogP contribution >= 0.6 is 0 Å². The number of carbonyl (C=O) groups is 2. The van der Waals surface area contributed by atoms with Crippen molar-refractivity contribution in [1.29, 1.82) is 0 Å². The van der Waals surface area contributed by atoms with Gasteiger partial charge in [-0.15, -0.1) is 20.4 Å². The molecule has 42 heavy (non-hydrogen) atoms. The normalized spacial score (nSPS) is 13.0. The quantitative estimate of drug-likeness (QED) is 0.323. The van der Waals surface area contributed by atoms with E-state index in [4.69, 9.17) is 23.9 Å². The van der Waals surface area contributed by atoms with Crippen molar-refractivity contribution in [1.82, 2.24) is 25.8 Å². The maximum absolute atomic E-state index is 11.7. The number of hydrazone groups is 1. The summed E-state index contributed by atoms with van der Waals surface area (Å²) in [6.07, 6.45) is 15.4. The number of methoxy groups -OCH3 is 2. The highest BCUT2D eigenvalue weighted by Gasteiger charge is 2.27. The molecule has 0 amide bonds. The van der Waals surface area contributed by atoms with Crippen molar-refractivity contribution in [2.24, 2.45) is 11.0 Å². The molecule has 0 saturated heterocycles. The standard InChI is InChI=1S/C15H24N2O2.C6H12.C5H6N4O2.2CO2/c1-5-7-8-9-10-13-11(3)16-17-14(12(13)6-2)15(18)19-4;1-3-5-6-4-2;1-3-6-8-4(9-7-3)5(10)11-2;2*2-1-3/h7-8,13,17H,5-6,9-10H2,1-4H3;5-6H,3-4H2,1-2H3;1-2H3;;/b8-7-;6-5-;;;. The lowest BCUT2D eigenvalue weighted by Crippen LogP contribution is -2.31. The molecule has 1 aromatic heterocycles. The molecule has 0 aliphatic carbocycles. The van der Waals surface area contributed by atoms with Gasteiger partial charge in [-0.25, -0.2) is 9.59 Å². The monoisotopic (exact) mass is 590 g/mol. The maximum atomic E-state index is 11.7. The molecule has 1 aliphatic heterocycles. The molecule has 1 aromatic rings. The second-order valence-electron chi connectivity index (χ2n) is 7.84. The van der Waals surface area contributed by atoms with E-state index < -0.39 is 5.97 Å². The highest BCUT2D eigenvalue weighted by Crippen LogP contribution is 2.28. The van der Waals surface area contributed by atoms with E-state index in [1.807, 2.05) is 6.92 Å². The van der Waals surface area contributed by atoms with Crippen LogP contribution in [-0.4, -0.2) is 64.6 Å². The van der Waals surface area contributed by atoms with Crippen LogP contribution in [0.3, 0.4) is 0 Å². The summed E-state index contributed by atoms with van der Waals surface area (Å²) in [5.74, 6) is -0.440. The number of carbonyl (C=O) groups excluding carboxylic acids is 6. The van der Waals surface area contributed by atoms with Gasteiger partial charge in [0.05, 0.1) is 14.2 Å². The van der Waals surface area contributed by atoms with E-state index in [9.17, 15) is 9.59 Å². The fourth-order valence-electron chi connectivity index (χ4n) is 3.14. The van der Waals surface area contributed by atoms with Crippen LogP contribution in [-0.2, 0) is 33.4 Å². The number of nitrogens with one attached hydrogen (secondary N) is 1. The van der Waals surface area contributed by atoms with Gasteiger partial charge in [0.15, 0.2) is 5.82 Å². The van der Waals surface area contributed by atoms with Crippen molar-refractivity contribution < 1.29 is 38.2 Å². The number of aromatic nitrogens is 4. The van der Waals surface area contributed by atoms with Gasteiger partial charge in [0, 0.05) is 11.6 Å². The Morgan fingerprint density at radius 3 is 1.64 bits per heavy atom. The van der Waals surface area contributed by atoms with E-state index in [1.54, 1.807) is 6.92 Å². The molecule has 2 heterocycles. The van der Waals surface area contributed by atoms with Crippen molar-refractivity contribution in [3.8, 4) is 0 Å². The Bertz CT molecular complexity index is 1070. The van der Waals surface area contributed by atoms with Crippen LogP contribution in [0.1, 0.15) is 89.6 Å². The number of rotatable bonds is 9. The largest absolute Gasteiger partial charge is 0.464 e. The topological polar surface area (TPSA) is 197 Å². The van der Waals surface area contributed by atoms with E-state index in [-0.39, 0.29) is 30.0 Å². The summed E-state index contributed by atoms with van der Waals surface area (Å²) in [6.45, 7) is 12.1. The van der Waals surface area contributed by atoms with Crippen molar-refractivity contribution in [3.63, 3.8) is 0 Å². The van der Waals surface area contributed by atoms with E-state index >= 15 is 0 Å². The van der Waals surface area contributed by atoms with Crippen molar-refractivity contribution in [3.05, 3.63) is 47.2 Å². The predicted molar refractivity (Wildman–Crippen MR) is 151 cm³/mol. The minimum Gasteiger partial charge on any atom is -0.464 e. The second-order valence-corrected chi connectivity index (χ2v) is 7.84. The fraction of sp³-hybridized carbons (Fsp3) is 0.536. The Hall–Kier alpha value is -4.67. The van der Waals surface area contributed by atoms with Crippen molar-refractivity contribution in [2.45, 2.75) is 80.1 Å². The first-order valence-corrected chi connectivity index (χ1v) is 13.2. The molecule has 1 N–H and O–H groups in total. The highest BCUT2D eigenvalue weighted by atomic mass is 16.5. The molecular weight excluding hydrogens is 548 g/mol. The van der Waals surface area contributed by atoms with Gasteiger partial charge in [0.25, 0.3) is 5.82 Å². The van der Waals surface area contributed by atoms with Gasteiger partial charge >= 0.3 is 24.2 Å². The molecule has 14 heteroatoms. The first kappa shape index (κ1) is 41.8. The number of nitrogens with zero attached hydrogens (tertiary/aromatic N) is 5. The zero-order chi connectivity index (χ0) is 32.8. The van der Waals surface area contributed by atoms with Crippen LogP contribution in [0.2, 0.25) is 0 Å². The molecule has 2 rings (SSSR count). The lowest BCUT2D eigenvalue weighted by atomic mass is 9.86. The van der Waals surface area contributed by atoms with Crippen LogP contribution in [0.5, 0.6) is 0 Å². The molecule has 1 unspecified atom stereocenters. The Balaban J connectivity index is -0.000000555. The number of hydrogen-bond donors (Lipinski definition) is 1. The van der Waals surface area contributed by atoms with Crippen LogP contribution in [0.15, 0.2) is 40.7 Å². The summed E-state index contributed by atoms with van der Waals surface area (Å²) >= 11 is 0. The molecule has 232 valence electrons. The van der Waals surface area contributed by atoms with Crippen LogP contribution < -0.4 is 5.43 Å². The molecular formula is C28H42N6O8. The number of aryl methyl sites for hydroxylation is 1.